The molecule has 1 spiro atoms. The van der Waals surface area contributed by atoms with Gasteiger partial charge in [-0.2, -0.15) is 0 Å². The predicted octanol–water partition coefficient (Wildman–Crippen LogP) is 1.29. The van der Waals surface area contributed by atoms with Crippen molar-refractivity contribution in [2.75, 3.05) is 39.2 Å². The van der Waals surface area contributed by atoms with Crippen LogP contribution in [-0.2, 0) is 29.0 Å². The summed E-state index contributed by atoms with van der Waals surface area (Å²) in [6, 6.07) is 5.07. The molecule has 2 heterocycles. The van der Waals surface area contributed by atoms with E-state index in [9.17, 15) is 22.8 Å². The van der Waals surface area contributed by atoms with Gasteiger partial charge in [0.05, 0.1) is 24.0 Å². The molecular weight excluding hydrogens is 486 g/mol. The SMILES string of the molecule is COc1ccc(S(=O)(=O)CC(=O)N2CCC3(CCCCOC[C@H](C)NC(=O)[C@H](C)NC3=O)CC2)cc1. The Morgan fingerprint density at radius 1 is 1.08 bits per heavy atom. The van der Waals surface area contributed by atoms with Gasteiger partial charge in [0.1, 0.15) is 17.5 Å². The molecule has 10 nitrogen and oxygen atoms in total. The van der Waals surface area contributed by atoms with Crippen LogP contribution >= 0.6 is 0 Å². The number of piperidine rings is 1. The molecule has 2 fully saturated rings. The Bertz CT molecular complexity index is 1030. The molecule has 3 amide bonds. The van der Waals surface area contributed by atoms with E-state index >= 15 is 0 Å². The first-order valence-corrected chi connectivity index (χ1v) is 14.1. The molecule has 200 valence electrons. The number of hydrogen-bond donors (Lipinski definition) is 2. The molecule has 0 bridgehead atoms. The van der Waals surface area contributed by atoms with Crippen LogP contribution < -0.4 is 15.4 Å². The van der Waals surface area contributed by atoms with Gasteiger partial charge >= 0.3 is 0 Å². The van der Waals surface area contributed by atoms with Crippen LogP contribution in [0.15, 0.2) is 29.2 Å². The second-order valence-electron chi connectivity index (χ2n) is 9.73. The maximum absolute atomic E-state index is 13.3. The van der Waals surface area contributed by atoms with Crippen molar-refractivity contribution < 1.29 is 32.3 Å². The van der Waals surface area contributed by atoms with E-state index in [0.29, 0.717) is 38.2 Å². The Hall–Kier alpha value is -2.66. The smallest absolute Gasteiger partial charge is 0.242 e. The van der Waals surface area contributed by atoms with E-state index in [1.807, 2.05) is 6.92 Å². The van der Waals surface area contributed by atoms with E-state index in [1.165, 1.54) is 24.1 Å². The summed E-state index contributed by atoms with van der Waals surface area (Å²) in [5.41, 5.74) is -0.722. The molecule has 1 aromatic carbocycles. The first kappa shape index (κ1) is 27.9. The number of carbonyl (C=O) groups is 3. The van der Waals surface area contributed by atoms with Gasteiger partial charge in [-0.3, -0.25) is 14.4 Å². The maximum atomic E-state index is 13.3. The molecule has 0 aliphatic carbocycles. The normalized spacial score (nSPS) is 24.0. The van der Waals surface area contributed by atoms with Gasteiger partial charge in [0.25, 0.3) is 0 Å². The first-order valence-electron chi connectivity index (χ1n) is 12.4. The highest BCUT2D eigenvalue weighted by Gasteiger charge is 2.43. The lowest BCUT2D eigenvalue weighted by Gasteiger charge is -2.41. The number of ether oxygens (including phenoxy) is 2. The van der Waals surface area contributed by atoms with Crippen molar-refractivity contribution in [3.8, 4) is 5.75 Å². The van der Waals surface area contributed by atoms with Crippen molar-refractivity contribution in [2.24, 2.45) is 5.41 Å². The molecule has 1 aromatic rings. The largest absolute Gasteiger partial charge is 0.497 e. The van der Waals surface area contributed by atoms with E-state index in [0.717, 1.165) is 12.8 Å². The van der Waals surface area contributed by atoms with Gasteiger partial charge in [0.15, 0.2) is 9.84 Å². The number of methoxy groups -OCH3 is 1. The lowest BCUT2D eigenvalue weighted by Crippen LogP contribution is -2.55. The van der Waals surface area contributed by atoms with Crippen LogP contribution in [0.2, 0.25) is 0 Å². The van der Waals surface area contributed by atoms with E-state index in [-0.39, 0.29) is 35.8 Å². The fourth-order valence-electron chi connectivity index (χ4n) is 4.65. The molecule has 0 aromatic heterocycles. The number of nitrogens with zero attached hydrogens (tertiary/aromatic N) is 1. The molecule has 2 atom stereocenters. The van der Waals surface area contributed by atoms with Crippen molar-refractivity contribution in [1.82, 2.24) is 15.5 Å². The lowest BCUT2D eigenvalue weighted by molar-refractivity contribution is -0.141. The summed E-state index contributed by atoms with van der Waals surface area (Å²) in [5.74, 6) is -1.06. The van der Waals surface area contributed by atoms with Gasteiger partial charge < -0.3 is 25.0 Å². The third-order valence-electron chi connectivity index (χ3n) is 6.98. The molecule has 0 unspecified atom stereocenters. The van der Waals surface area contributed by atoms with E-state index in [4.69, 9.17) is 9.47 Å². The van der Waals surface area contributed by atoms with E-state index in [2.05, 4.69) is 10.6 Å². The van der Waals surface area contributed by atoms with Gasteiger partial charge in [-0.25, -0.2) is 8.42 Å². The molecule has 2 aliphatic heterocycles. The number of benzene rings is 1. The number of likely N-dealkylation sites (tertiary alicyclic amines) is 1. The summed E-state index contributed by atoms with van der Waals surface area (Å²) >= 11 is 0. The quantitative estimate of drug-likeness (QED) is 0.608. The number of carbonyl (C=O) groups excluding carboxylic acids is 3. The number of amides is 3. The average molecular weight is 524 g/mol. The third kappa shape index (κ3) is 6.97. The summed E-state index contributed by atoms with van der Waals surface area (Å²) in [6.45, 7) is 5.01. The minimum absolute atomic E-state index is 0.0588. The molecule has 3 rings (SSSR count). The second kappa shape index (κ2) is 12.1. The number of nitrogens with one attached hydrogen (secondary N) is 2. The molecular formula is C25H37N3O7S. The second-order valence-corrected chi connectivity index (χ2v) is 11.7. The van der Waals surface area contributed by atoms with E-state index in [1.54, 1.807) is 19.1 Å². The Morgan fingerprint density at radius 3 is 2.39 bits per heavy atom. The van der Waals surface area contributed by atoms with Gasteiger partial charge in [-0.1, -0.05) is 6.42 Å². The highest BCUT2D eigenvalue weighted by atomic mass is 32.2. The van der Waals surface area contributed by atoms with Crippen molar-refractivity contribution >= 4 is 27.6 Å². The van der Waals surface area contributed by atoms with Crippen LogP contribution in [0.1, 0.15) is 46.0 Å². The van der Waals surface area contributed by atoms with Crippen LogP contribution in [-0.4, -0.2) is 82.3 Å². The molecule has 2 N–H and O–H groups in total. The van der Waals surface area contributed by atoms with Gasteiger partial charge in [-0.15, -0.1) is 0 Å². The van der Waals surface area contributed by atoms with Crippen molar-refractivity contribution in [3.63, 3.8) is 0 Å². The Labute approximate surface area is 213 Å². The van der Waals surface area contributed by atoms with Crippen molar-refractivity contribution in [3.05, 3.63) is 24.3 Å². The Balaban J connectivity index is 1.66. The third-order valence-corrected chi connectivity index (χ3v) is 8.60. The Kier molecular flexibility index (Phi) is 9.35. The molecule has 0 radical (unpaired) electrons. The van der Waals surface area contributed by atoms with Crippen LogP contribution in [0.3, 0.4) is 0 Å². The van der Waals surface area contributed by atoms with Crippen LogP contribution in [0.5, 0.6) is 5.75 Å². The molecule has 36 heavy (non-hydrogen) atoms. The zero-order chi connectivity index (χ0) is 26.3. The number of sulfone groups is 1. The highest BCUT2D eigenvalue weighted by molar-refractivity contribution is 7.92. The minimum Gasteiger partial charge on any atom is -0.497 e. The average Bonchev–Trinajstić information content (AvgIpc) is 2.86. The molecule has 11 heteroatoms. The molecule has 0 saturated carbocycles. The summed E-state index contributed by atoms with van der Waals surface area (Å²) in [4.78, 5) is 40.3. The lowest BCUT2D eigenvalue weighted by atomic mass is 9.73. The van der Waals surface area contributed by atoms with Crippen LogP contribution in [0.4, 0.5) is 0 Å². The summed E-state index contributed by atoms with van der Waals surface area (Å²) in [5, 5.41) is 5.71. The van der Waals surface area contributed by atoms with Gasteiger partial charge in [-0.05, 0) is 63.8 Å². The zero-order valence-electron chi connectivity index (χ0n) is 21.2. The minimum atomic E-state index is -3.81. The van der Waals surface area contributed by atoms with Gasteiger partial charge in [0.2, 0.25) is 17.7 Å². The fourth-order valence-corrected chi connectivity index (χ4v) is 5.87. The van der Waals surface area contributed by atoms with E-state index < -0.39 is 33.0 Å². The molecule has 2 saturated heterocycles. The van der Waals surface area contributed by atoms with Crippen molar-refractivity contribution in [1.29, 1.82) is 0 Å². The fraction of sp³-hybridized carbons (Fsp3) is 0.640. The maximum Gasteiger partial charge on any atom is 0.242 e. The Morgan fingerprint density at radius 2 is 1.75 bits per heavy atom. The number of hydrogen-bond acceptors (Lipinski definition) is 7. The summed E-state index contributed by atoms with van der Waals surface area (Å²) < 4.78 is 36.2. The van der Waals surface area contributed by atoms with Crippen LogP contribution in [0, 0.1) is 5.41 Å². The summed E-state index contributed by atoms with van der Waals surface area (Å²) in [7, 11) is -2.32. The number of rotatable bonds is 4. The standard InChI is InChI=1S/C25H37N3O7S/c1-18-16-35-15-5-4-10-25(24(31)27-19(2)23(30)26-18)11-13-28(14-12-25)22(29)17-36(32,33)21-8-6-20(34-3)7-9-21/h6-9,18-19H,4-5,10-17H2,1-3H3,(H,26,30)(H,27,31)/t18-,19-/m0/s1. The zero-order valence-corrected chi connectivity index (χ0v) is 22.1. The summed E-state index contributed by atoms with van der Waals surface area (Å²) in [6.07, 6.45) is 2.97. The van der Waals surface area contributed by atoms with Crippen molar-refractivity contribution in [2.45, 2.75) is 62.9 Å². The monoisotopic (exact) mass is 523 g/mol. The van der Waals surface area contributed by atoms with Crippen LogP contribution in [0.25, 0.3) is 0 Å². The topological polar surface area (TPSA) is 131 Å². The highest BCUT2D eigenvalue weighted by Crippen LogP contribution is 2.37. The van der Waals surface area contributed by atoms with Gasteiger partial charge in [0, 0.05) is 25.7 Å². The predicted molar refractivity (Wildman–Crippen MR) is 133 cm³/mol. The first-order chi connectivity index (χ1) is 17.1. The molecule has 2 aliphatic rings.